The topological polar surface area (TPSA) is 103 Å². The monoisotopic (exact) mass is 381 g/mol. The minimum atomic E-state index is -0.517. The fourth-order valence-electron chi connectivity index (χ4n) is 3.40. The number of aromatic amines is 1. The van der Waals surface area contributed by atoms with Gasteiger partial charge in [-0.2, -0.15) is 4.98 Å². The summed E-state index contributed by atoms with van der Waals surface area (Å²) in [5, 5.41) is 0.633. The molecule has 3 aromatic rings. The molecule has 1 fully saturated rings. The Morgan fingerprint density at radius 2 is 2.04 bits per heavy atom. The van der Waals surface area contributed by atoms with Crippen LogP contribution in [0.3, 0.4) is 0 Å². The molecule has 3 atom stereocenters. The van der Waals surface area contributed by atoms with E-state index in [4.69, 9.17) is 9.47 Å². The summed E-state index contributed by atoms with van der Waals surface area (Å²) in [5.74, 6) is -0.381. The van der Waals surface area contributed by atoms with Gasteiger partial charge in [0.2, 0.25) is 5.56 Å². The molecule has 0 spiro atoms. The Bertz CT molecular complexity index is 1120. The summed E-state index contributed by atoms with van der Waals surface area (Å²) in [6, 6.07) is 11.7. The van der Waals surface area contributed by atoms with Crippen LogP contribution in [0, 0.1) is 5.92 Å². The normalized spacial score (nSPS) is 21.7. The predicted octanol–water partition coefficient (Wildman–Crippen LogP) is 1.87. The Morgan fingerprint density at radius 3 is 2.82 bits per heavy atom. The molecule has 1 saturated heterocycles. The fourth-order valence-corrected chi connectivity index (χ4v) is 3.40. The Morgan fingerprint density at radius 1 is 1.25 bits per heavy atom. The average Bonchev–Trinajstić information content (AvgIpc) is 3.06. The molecule has 144 valence electrons. The lowest BCUT2D eigenvalue weighted by molar-refractivity contribution is -0.0408. The predicted molar refractivity (Wildman–Crippen MR) is 101 cm³/mol. The number of hydrogen-bond acceptors (Lipinski definition) is 6. The van der Waals surface area contributed by atoms with E-state index in [1.165, 1.54) is 10.6 Å². The molecule has 0 bridgehead atoms. The molecule has 8 heteroatoms. The van der Waals surface area contributed by atoms with Gasteiger partial charge in [-0.25, -0.2) is 9.59 Å². The Labute approximate surface area is 159 Å². The highest BCUT2D eigenvalue weighted by molar-refractivity contribution is 5.89. The summed E-state index contributed by atoms with van der Waals surface area (Å²) in [5.41, 5.74) is -0.0992. The first-order valence-electron chi connectivity index (χ1n) is 9.01. The number of carbonyl (C=O) groups is 1. The van der Waals surface area contributed by atoms with Crippen molar-refractivity contribution in [3.8, 4) is 0 Å². The largest absolute Gasteiger partial charge is 0.459 e. The van der Waals surface area contributed by atoms with Gasteiger partial charge >= 0.3 is 11.7 Å². The van der Waals surface area contributed by atoms with Gasteiger partial charge < -0.3 is 14.5 Å². The van der Waals surface area contributed by atoms with Crippen molar-refractivity contribution in [1.82, 2.24) is 14.5 Å². The molecule has 2 aromatic heterocycles. The maximum atomic E-state index is 12.4. The maximum Gasteiger partial charge on any atom is 0.351 e. The number of carbonyl (C=O) groups excluding carboxylic acids is 1. The van der Waals surface area contributed by atoms with Crippen LogP contribution in [0.15, 0.2) is 58.3 Å². The number of fused-ring (bicyclic) bond motifs is 1. The van der Waals surface area contributed by atoms with Gasteiger partial charge in [0.15, 0.2) is 0 Å². The number of benzene rings is 1. The number of H-pyrrole nitrogens is 1. The summed E-state index contributed by atoms with van der Waals surface area (Å²) >= 11 is 0. The highest BCUT2D eigenvalue weighted by Gasteiger charge is 2.35. The number of rotatable bonds is 4. The van der Waals surface area contributed by atoms with Gasteiger partial charge in [-0.1, -0.05) is 25.1 Å². The van der Waals surface area contributed by atoms with Crippen LogP contribution >= 0.6 is 0 Å². The molecule has 0 amide bonds. The molecule has 28 heavy (non-hydrogen) atoms. The van der Waals surface area contributed by atoms with Crippen molar-refractivity contribution in [1.29, 1.82) is 0 Å². The molecule has 1 aliphatic rings. The molecule has 0 saturated carbocycles. The smallest absolute Gasteiger partial charge is 0.351 e. The fraction of sp³-hybridized carbons (Fsp3) is 0.300. The number of ether oxygens (including phenoxy) is 2. The molecule has 3 heterocycles. The van der Waals surface area contributed by atoms with Crippen molar-refractivity contribution in [2.45, 2.75) is 25.7 Å². The standard InChI is InChI=1S/C20H19N3O5/c1-12-9-15(11-27-19(25)13-5-3-2-4-6-13)28-18(12)23-10-14-7-8-16(24)21-17(14)22-20(23)26/h2-8,10,12,15,18H,9,11H2,1H3,(H,21,22,24,26)/t12-,15-,18+/m0/s1. The number of nitrogens with zero attached hydrogens (tertiary/aromatic N) is 2. The zero-order valence-electron chi connectivity index (χ0n) is 15.2. The van der Waals surface area contributed by atoms with Crippen molar-refractivity contribution >= 4 is 17.0 Å². The lowest BCUT2D eigenvalue weighted by atomic mass is 10.1. The van der Waals surface area contributed by atoms with Gasteiger partial charge in [0, 0.05) is 23.6 Å². The lowest BCUT2D eigenvalue weighted by Gasteiger charge is -2.18. The summed E-state index contributed by atoms with van der Waals surface area (Å²) < 4.78 is 12.7. The molecular formula is C20H19N3O5. The first kappa shape index (κ1) is 18.1. The van der Waals surface area contributed by atoms with Crippen LogP contribution in [0.2, 0.25) is 0 Å². The van der Waals surface area contributed by atoms with Gasteiger partial charge in [0.25, 0.3) is 0 Å². The van der Waals surface area contributed by atoms with Crippen LogP contribution < -0.4 is 11.2 Å². The molecule has 1 aliphatic heterocycles. The first-order valence-corrected chi connectivity index (χ1v) is 9.01. The molecule has 1 N–H and O–H groups in total. The van der Waals surface area contributed by atoms with Crippen molar-refractivity contribution in [2.24, 2.45) is 5.92 Å². The highest BCUT2D eigenvalue weighted by Crippen LogP contribution is 2.33. The van der Waals surface area contributed by atoms with Gasteiger partial charge in [-0.3, -0.25) is 9.36 Å². The maximum absolute atomic E-state index is 12.4. The van der Waals surface area contributed by atoms with Crippen LogP contribution in [0.4, 0.5) is 0 Å². The average molecular weight is 381 g/mol. The van der Waals surface area contributed by atoms with Crippen LogP contribution in [0.1, 0.15) is 29.9 Å². The van der Waals surface area contributed by atoms with Gasteiger partial charge in [-0.05, 0) is 24.6 Å². The molecule has 4 rings (SSSR count). The number of pyridine rings is 1. The molecule has 1 aromatic carbocycles. The third-order valence-electron chi connectivity index (χ3n) is 4.77. The van der Waals surface area contributed by atoms with Gasteiger partial charge in [-0.15, -0.1) is 0 Å². The zero-order chi connectivity index (χ0) is 19.7. The quantitative estimate of drug-likeness (QED) is 0.692. The zero-order valence-corrected chi connectivity index (χ0v) is 15.2. The summed E-state index contributed by atoms with van der Waals surface area (Å²) in [6.07, 6.45) is 1.44. The molecule has 8 nitrogen and oxygen atoms in total. The van der Waals surface area contributed by atoms with Crippen molar-refractivity contribution < 1.29 is 14.3 Å². The Hall–Kier alpha value is -3.26. The highest BCUT2D eigenvalue weighted by atomic mass is 16.6. The van der Waals surface area contributed by atoms with Crippen molar-refractivity contribution in [2.75, 3.05) is 6.61 Å². The van der Waals surface area contributed by atoms with E-state index in [0.717, 1.165) is 0 Å². The minimum Gasteiger partial charge on any atom is -0.459 e. The number of nitrogens with one attached hydrogen (secondary N) is 1. The van der Waals surface area contributed by atoms with Crippen LogP contribution in [0.25, 0.3) is 11.0 Å². The molecular weight excluding hydrogens is 362 g/mol. The minimum absolute atomic E-state index is 0.0279. The van der Waals surface area contributed by atoms with Crippen LogP contribution in [-0.4, -0.2) is 33.2 Å². The van der Waals surface area contributed by atoms with Gasteiger partial charge in [0.05, 0.1) is 11.7 Å². The van der Waals surface area contributed by atoms with Crippen LogP contribution in [-0.2, 0) is 9.47 Å². The number of aromatic nitrogens is 3. The van der Waals surface area contributed by atoms with E-state index in [0.29, 0.717) is 17.4 Å². The van der Waals surface area contributed by atoms with E-state index in [9.17, 15) is 14.4 Å². The van der Waals surface area contributed by atoms with E-state index in [1.54, 1.807) is 36.5 Å². The van der Waals surface area contributed by atoms with E-state index >= 15 is 0 Å². The second-order valence-electron chi connectivity index (χ2n) is 6.88. The number of esters is 1. The van der Waals surface area contributed by atoms with Crippen molar-refractivity contribution in [3.05, 3.63) is 75.1 Å². The second-order valence-corrected chi connectivity index (χ2v) is 6.88. The Kier molecular flexibility index (Phi) is 4.79. The first-order chi connectivity index (χ1) is 13.5. The number of hydrogen-bond donors (Lipinski definition) is 1. The van der Waals surface area contributed by atoms with E-state index < -0.39 is 17.9 Å². The third kappa shape index (κ3) is 3.59. The third-order valence-corrected chi connectivity index (χ3v) is 4.77. The molecule has 0 aliphatic carbocycles. The Balaban J connectivity index is 1.48. The summed E-state index contributed by atoms with van der Waals surface area (Å²) in [7, 11) is 0. The SMILES string of the molecule is C[C@H]1C[C@@H](COC(=O)c2ccccc2)O[C@H]1n1cc2ccc(=O)[nH]c2nc1=O. The van der Waals surface area contributed by atoms with Crippen LogP contribution in [0.5, 0.6) is 0 Å². The van der Waals surface area contributed by atoms with E-state index in [-0.39, 0.29) is 29.8 Å². The molecule has 0 unspecified atom stereocenters. The van der Waals surface area contributed by atoms with E-state index in [1.807, 2.05) is 13.0 Å². The summed E-state index contributed by atoms with van der Waals surface area (Å²) in [4.78, 5) is 42.4. The molecule has 0 radical (unpaired) electrons. The van der Waals surface area contributed by atoms with Gasteiger partial charge in [0.1, 0.15) is 18.5 Å². The second kappa shape index (κ2) is 7.40. The summed E-state index contributed by atoms with van der Waals surface area (Å²) in [6.45, 7) is 2.07. The lowest BCUT2D eigenvalue weighted by Crippen LogP contribution is -2.30. The van der Waals surface area contributed by atoms with E-state index in [2.05, 4.69) is 9.97 Å². The van der Waals surface area contributed by atoms with Crippen molar-refractivity contribution in [3.63, 3.8) is 0 Å².